The van der Waals surface area contributed by atoms with E-state index < -0.39 is 5.97 Å². The summed E-state index contributed by atoms with van der Waals surface area (Å²) in [5.74, 6) is 0.749. The first kappa shape index (κ1) is 14.3. The molecule has 1 rings (SSSR count). The molecule has 5 heteroatoms. The predicted octanol–water partition coefficient (Wildman–Crippen LogP) is 1.42. The summed E-state index contributed by atoms with van der Waals surface area (Å²) in [6.45, 7) is 1.31. The van der Waals surface area contributed by atoms with Crippen LogP contribution in [-0.4, -0.2) is 52.3 Å². The van der Waals surface area contributed by atoms with Gasteiger partial charge in [0, 0.05) is 6.54 Å². The Kier molecular flexibility index (Phi) is 5.45. The minimum absolute atomic E-state index is 0.393. The lowest BCUT2D eigenvalue weighted by Gasteiger charge is -2.14. The number of esters is 1. The van der Waals surface area contributed by atoms with Crippen molar-refractivity contribution < 1.29 is 19.0 Å². The summed E-state index contributed by atoms with van der Waals surface area (Å²) in [7, 11) is 6.84. The zero-order valence-corrected chi connectivity index (χ0v) is 11.2. The van der Waals surface area contributed by atoms with Crippen LogP contribution in [0.25, 0.3) is 0 Å². The van der Waals surface area contributed by atoms with E-state index >= 15 is 0 Å². The van der Waals surface area contributed by atoms with Gasteiger partial charge in [0.1, 0.15) is 6.61 Å². The third kappa shape index (κ3) is 3.92. The van der Waals surface area contributed by atoms with E-state index in [-0.39, 0.29) is 0 Å². The van der Waals surface area contributed by atoms with Crippen molar-refractivity contribution in [2.24, 2.45) is 0 Å². The van der Waals surface area contributed by atoms with Gasteiger partial charge in [0.15, 0.2) is 11.5 Å². The Hall–Kier alpha value is -1.75. The van der Waals surface area contributed by atoms with Gasteiger partial charge in [-0.3, -0.25) is 0 Å². The second-order valence-corrected chi connectivity index (χ2v) is 4.01. The van der Waals surface area contributed by atoms with Crippen LogP contribution in [0.1, 0.15) is 10.4 Å². The SMILES string of the molecule is COC(=O)c1ccc(OC)c(OCCN(C)C)c1. The molecule has 0 atom stereocenters. The average molecular weight is 253 g/mol. The second-order valence-electron chi connectivity index (χ2n) is 4.01. The lowest BCUT2D eigenvalue weighted by molar-refractivity contribution is 0.0600. The van der Waals surface area contributed by atoms with Crippen molar-refractivity contribution in [3.05, 3.63) is 23.8 Å². The van der Waals surface area contributed by atoms with Gasteiger partial charge in [0.25, 0.3) is 0 Å². The van der Waals surface area contributed by atoms with Crippen molar-refractivity contribution in [2.75, 3.05) is 41.5 Å². The number of carbonyl (C=O) groups is 1. The van der Waals surface area contributed by atoms with E-state index in [4.69, 9.17) is 9.47 Å². The maximum absolute atomic E-state index is 11.4. The standard InChI is InChI=1S/C13H19NO4/c1-14(2)7-8-18-12-9-10(13(15)17-4)5-6-11(12)16-3/h5-6,9H,7-8H2,1-4H3. The first-order valence-corrected chi connectivity index (χ1v) is 5.62. The van der Waals surface area contributed by atoms with Crippen molar-refractivity contribution >= 4 is 5.97 Å². The summed E-state index contributed by atoms with van der Waals surface area (Å²) in [6.07, 6.45) is 0. The fourth-order valence-electron chi connectivity index (χ4n) is 1.37. The molecule has 0 fully saturated rings. The molecule has 100 valence electrons. The van der Waals surface area contributed by atoms with Crippen LogP contribution in [0.5, 0.6) is 11.5 Å². The number of carbonyl (C=O) groups excluding carboxylic acids is 1. The molecule has 0 heterocycles. The van der Waals surface area contributed by atoms with E-state index in [1.807, 2.05) is 19.0 Å². The molecule has 0 amide bonds. The molecular formula is C13H19NO4. The zero-order valence-electron chi connectivity index (χ0n) is 11.2. The molecule has 0 aromatic heterocycles. The number of nitrogens with zero attached hydrogens (tertiary/aromatic N) is 1. The number of likely N-dealkylation sites (N-methyl/N-ethyl adjacent to an activating group) is 1. The normalized spacial score (nSPS) is 10.3. The molecular weight excluding hydrogens is 234 g/mol. The van der Waals surface area contributed by atoms with Crippen LogP contribution < -0.4 is 9.47 Å². The predicted molar refractivity (Wildman–Crippen MR) is 68.4 cm³/mol. The molecule has 0 saturated heterocycles. The summed E-state index contributed by atoms with van der Waals surface area (Å²) in [6, 6.07) is 4.96. The van der Waals surface area contributed by atoms with Gasteiger partial charge >= 0.3 is 5.97 Å². The Morgan fingerprint density at radius 3 is 2.50 bits per heavy atom. The molecule has 5 nitrogen and oxygen atoms in total. The molecule has 0 unspecified atom stereocenters. The number of ether oxygens (including phenoxy) is 3. The van der Waals surface area contributed by atoms with Crippen molar-refractivity contribution in [3.8, 4) is 11.5 Å². The number of hydrogen-bond acceptors (Lipinski definition) is 5. The highest BCUT2D eigenvalue weighted by atomic mass is 16.5. The molecule has 1 aromatic rings. The van der Waals surface area contributed by atoms with E-state index in [0.717, 1.165) is 6.54 Å². The quantitative estimate of drug-likeness (QED) is 0.718. The van der Waals surface area contributed by atoms with E-state index in [9.17, 15) is 4.79 Å². The lowest BCUT2D eigenvalue weighted by atomic mass is 10.2. The number of rotatable bonds is 6. The molecule has 0 aliphatic rings. The van der Waals surface area contributed by atoms with Gasteiger partial charge in [-0.15, -0.1) is 0 Å². The minimum Gasteiger partial charge on any atom is -0.493 e. The van der Waals surface area contributed by atoms with Crippen LogP contribution in [0, 0.1) is 0 Å². The Bertz CT molecular complexity index is 404. The maximum atomic E-state index is 11.4. The van der Waals surface area contributed by atoms with E-state index in [0.29, 0.717) is 23.7 Å². The number of benzene rings is 1. The lowest BCUT2D eigenvalue weighted by Crippen LogP contribution is -2.19. The first-order valence-electron chi connectivity index (χ1n) is 5.62. The smallest absolute Gasteiger partial charge is 0.337 e. The molecule has 0 radical (unpaired) electrons. The summed E-state index contributed by atoms with van der Waals surface area (Å²) in [5, 5.41) is 0. The van der Waals surface area contributed by atoms with Crippen LogP contribution in [0.2, 0.25) is 0 Å². The highest BCUT2D eigenvalue weighted by molar-refractivity contribution is 5.90. The largest absolute Gasteiger partial charge is 0.493 e. The van der Waals surface area contributed by atoms with Crippen LogP contribution in [-0.2, 0) is 4.74 Å². The van der Waals surface area contributed by atoms with Gasteiger partial charge < -0.3 is 19.1 Å². The van der Waals surface area contributed by atoms with Crippen LogP contribution in [0.15, 0.2) is 18.2 Å². The van der Waals surface area contributed by atoms with Crippen molar-refractivity contribution in [2.45, 2.75) is 0 Å². The maximum Gasteiger partial charge on any atom is 0.337 e. The van der Waals surface area contributed by atoms with Gasteiger partial charge in [0.05, 0.1) is 19.8 Å². The van der Waals surface area contributed by atoms with Gasteiger partial charge in [-0.05, 0) is 32.3 Å². The van der Waals surface area contributed by atoms with Crippen LogP contribution in [0.3, 0.4) is 0 Å². The summed E-state index contributed by atoms with van der Waals surface area (Å²) in [5.41, 5.74) is 0.443. The molecule has 1 aromatic carbocycles. The molecule has 0 aliphatic heterocycles. The minimum atomic E-state index is -0.393. The summed E-state index contributed by atoms with van der Waals surface area (Å²) in [4.78, 5) is 13.4. The zero-order chi connectivity index (χ0) is 13.5. The summed E-state index contributed by atoms with van der Waals surface area (Å²) >= 11 is 0. The molecule has 0 spiro atoms. The number of methoxy groups -OCH3 is 2. The molecule has 18 heavy (non-hydrogen) atoms. The first-order chi connectivity index (χ1) is 8.58. The topological polar surface area (TPSA) is 48.0 Å². The van der Waals surface area contributed by atoms with Gasteiger partial charge in [0.2, 0.25) is 0 Å². The fourth-order valence-corrected chi connectivity index (χ4v) is 1.37. The third-order valence-corrected chi connectivity index (χ3v) is 2.38. The fraction of sp³-hybridized carbons (Fsp3) is 0.462. The highest BCUT2D eigenvalue weighted by Crippen LogP contribution is 2.28. The molecule has 0 saturated carbocycles. The molecule has 0 N–H and O–H groups in total. The van der Waals surface area contributed by atoms with Crippen molar-refractivity contribution in [1.82, 2.24) is 4.90 Å². The second kappa shape index (κ2) is 6.86. The average Bonchev–Trinajstić information content (AvgIpc) is 2.37. The Labute approximate surface area is 107 Å². The van der Waals surface area contributed by atoms with Crippen LogP contribution >= 0.6 is 0 Å². The van der Waals surface area contributed by atoms with E-state index in [1.54, 1.807) is 25.3 Å². The van der Waals surface area contributed by atoms with Gasteiger partial charge in [-0.2, -0.15) is 0 Å². The van der Waals surface area contributed by atoms with Crippen molar-refractivity contribution in [1.29, 1.82) is 0 Å². The van der Waals surface area contributed by atoms with Gasteiger partial charge in [-0.1, -0.05) is 0 Å². The Balaban J connectivity index is 2.82. The van der Waals surface area contributed by atoms with Crippen molar-refractivity contribution in [3.63, 3.8) is 0 Å². The van der Waals surface area contributed by atoms with Gasteiger partial charge in [-0.25, -0.2) is 4.79 Å². The molecule has 0 aliphatic carbocycles. The monoisotopic (exact) mass is 253 g/mol. The Morgan fingerprint density at radius 2 is 1.94 bits per heavy atom. The summed E-state index contributed by atoms with van der Waals surface area (Å²) < 4.78 is 15.4. The van der Waals surface area contributed by atoms with Crippen LogP contribution in [0.4, 0.5) is 0 Å². The van der Waals surface area contributed by atoms with E-state index in [2.05, 4.69) is 4.74 Å². The highest BCUT2D eigenvalue weighted by Gasteiger charge is 2.11. The van der Waals surface area contributed by atoms with E-state index in [1.165, 1.54) is 7.11 Å². The number of hydrogen-bond donors (Lipinski definition) is 0. The third-order valence-electron chi connectivity index (χ3n) is 2.38. The Morgan fingerprint density at radius 1 is 1.22 bits per heavy atom. The molecule has 0 bridgehead atoms.